The molecule has 0 heterocycles. The number of hydrogen-bond donors (Lipinski definition) is 1. The van der Waals surface area contributed by atoms with Gasteiger partial charge in [-0.2, -0.15) is 8.78 Å². The molecule has 0 amide bonds. The van der Waals surface area contributed by atoms with Crippen LogP contribution in [0.4, 0.5) is 17.6 Å². The molecule has 2 aliphatic rings. The van der Waals surface area contributed by atoms with Gasteiger partial charge in [-0.1, -0.05) is 31.6 Å². The highest BCUT2D eigenvalue weighted by atomic mass is 19.2. The molecule has 4 nitrogen and oxygen atoms in total. The average Bonchev–Trinajstić information content (AvgIpc) is 2.98. The number of hydrogen-bond acceptors (Lipinski definition) is 4. The third-order valence-corrected chi connectivity index (χ3v) is 8.78. The molecule has 1 N–H and O–H groups in total. The Labute approximate surface area is 239 Å². The molecule has 8 heteroatoms. The monoisotopic (exact) mass is 576 g/mol. The quantitative estimate of drug-likeness (QED) is 0.0958. The van der Waals surface area contributed by atoms with E-state index in [1.807, 2.05) is 6.92 Å². The standard InChI is InChI=1S/C33H40F4O4/c1-3-5-19-40-27-17-18-28(32(37)31(27)36)41-33(39)23-13-9-21(10-14-23)25-16-15-24(29(34)30(25)35)20-7-11-22(12-8-20)26(38)6-4-2/h3,15-18,20-23,26,38H,1,4-14,19H2,2H3. The van der Waals surface area contributed by atoms with E-state index in [2.05, 4.69) is 6.58 Å². The van der Waals surface area contributed by atoms with Crippen molar-refractivity contribution in [2.75, 3.05) is 6.61 Å². The van der Waals surface area contributed by atoms with Crippen molar-refractivity contribution in [3.63, 3.8) is 0 Å². The lowest BCUT2D eigenvalue weighted by Crippen LogP contribution is -2.26. The van der Waals surface area contributed by atoms with E-state index in [1.54, 1.807) is 18.2 Å². The van der Waals surface area contributed by atoms with Gasteiger partial charge in [0, 0.05) is 0 Å². The van der Waals surface area contributed by atoms with Gasteiger partial charge >= 0.3 is 5.97 Å². The van der Waals surface area contributed by atoms with Gasteiger partial charge in [0.15, 0.2) is 23.1 Å². The summed E-state index contributed by atoms with van der Waals surface area (Å²) in [6.45, 7) is 5.72. The molecule has 0 saturated heterocycles. The fourth-order valence-corrected chi connectivity index (χ4v) is 6.34. The molecule has 2 aliphatic carbocycles. The summed E-state index contributed by atoms with van der Waals surface area (Å²) in [5, 5.41) is 10.3. The summed E-state index contributed by atoms with van der Waals surface area (Å²) >= 11 is 0. The Morgan fingerprint density at radius 2 is 1.41 bits per heavy atom. The van der Waals surface area contributed by atoms with Gasteiger partial charge in [-0.25, -0.2) is 8.78 Å². The van der Waals surface area contributed by atoms with Gasteiger partial charge in [-0.3, -0.25) is 4.79 Å². The van der Waals surface area contributed by atoms with Crippen molar-refractivity contribution in [1.29, 1.82) is 0 Å². The second kappa shape index (κ2) is 14.3. The average molecular weight is 577 g/mol. The zero-order valence-electron chi connectivity index (χ0n) is 23.6. The number of benzene rings is 2. The molecule has 0 aromatic heterocycles. The number of rotatable bonds is 11. The minimum absolute atomic E-state index is 0.0628. The fraction of sp³-hybridized carbons (Fsp3) is 0.545. The van der Waals surface area contributed by atoms with E-state index in [9.17, 15) is 18.7 Å². The Morgan fingerprint density at radius 1 is 0.878 bits per heavy atom. The molecular weight excluding hydrogens is 536 g/mol. The minimum Gasteiger partial charge on any atom is -0.490 e. The molecule has 2 saturated carbocycles. The highest BCUT2D eigenvalue weighted by molar-refractivity contribution is 5.75. The van der Waals surface area contributed by atoms with Crippen molar-refractivity contribution in [2.24, 2.45) is 11.8 Å². The molecule has 4 rings (SSSR count). The van der Waals surface area contributed by atoms with Crippen LogP contribution in [0.3, 0.4) is 0 Å². The third kappa shape index (κ3) is 7.32. The molecule has 2 fully saturated rings. The molecule has 0 bridgehead atoms. The Bertz CT molecular complexity index is 1200. The Kier molecular flexibility index (Phi) is 10.9. The highest BCUT2D eigenvalue weighted by Gasteiger charge is 2.33. The van der Waals surface area contributed by atoms with Crippen molar-refractivity contribution in [2.45, 2.75) is 95.5 Å². The molecule has 0 spiro atoms. The third-order valence-electron chi connectivity index (χ3n) is 8.78. The van der Waals surface area contributed by atoms with Crippen LogP contribution in [-0.2, 0) is 4.79 Å². The first-order chi connectivity index (χ1) is 19.7. The van der Waals surface area contributed by atoms with Gasteiger partial charge < -0.3 is 14.6 Å². The zero-order valence-corrected chi connectivity index (χ0v) is 23.6. The van der Waals surface area contributed by atoms with Crippen molar-refractivity contribution in [3.8, 4) is 11.5 Å². The zero-order chi connectivity index (χ0) is 29.5. The molecular formula is C33H40F4O4. The first kappa shape index (κ1) is 31.1. The van der Waals surface area contributed by atoms with Crippen molar-refractivity contribution in [1.82, 2.24) is 0 Å². The van der Waals surface area contributed by atoms with Crippen molar-refractivity contribution >= 4 is 5.97 Å². The van der Waals surface area contributed by atoms with Crippen LogP contribution < -0.4 is 9.47 Å². The Hall–Kier alpha value is -2.87. The van der Waals surface area contributed by atoms with Crippen molar-refractivity contribution < 1.29 is 36.9 Å². The smallest absolute Gasteiger partial charge is 0.314 e. The van der Waals surface area contributed by atoms with Crippen LogP contribution in [0.15, 0.2) is 36.9 Å². The summed E-state index contributed by atoms with van der Waals surface area (Å²) < 4.78 is 69.6. The maximum Gasteiger partial charge on any atom is 0.314 e. The van der Waals surface area contributed by atoms with Gasteiger partial charge in [-0.15, -0.1) is 6.58 Å². The second-order valence-electron chi connectivity index (χ2n) is 11.4. The van der Waals surface area contributed by atoms with Gasteiger partial charge in [0.2, 0.25) is 11.6 Å². The molecule has 41 heavy (non-hydrogen) atoms. The van der Waals surface area contributed by atoms with Crippen LogP contribution in [0.2, 0.25) is 0 Å². The lowest BCUT2D eigenvalue weighted by Gasteiger charge is -2.32. The number of esters is 1. The molecule has 0 radical (unpaired) electrons. The van der Waals surface area contributed by atoms with E-state index in [-0.39, 0.29) is 36.2 Å². The summed E-state index contributed by atoms with van der Waals surface area (Å²) in [6, 6.07) is 5.74. The number of carbonyl (C=O) groups is 1. The summed E-state index contributed by atoms with van der Waals surface area (Å²) in [5.41, 5.74) is 0.712. The van der Waals surface area contributed by atoms with E-state index in [4.69, 9.17) is 9.47 Å². The Morgan fingerprint density at radius 3 is 1.98 bits per heavy atom. The SMILES string of the molecule is C=CCCOc1ccc(OC(=O)C2CCC(c3ccc(C4CCC(C(O)CCC)CC4)c(F)c3F)CC2)c(F)c1F. The predicted molar refractivity (Wildman–Crippen MR) is 149 cm³/mol. The van der Waals surface area contributed by atoms with Crippen LogP contribution in [0.1, 0.15) is 101 Å². The lowest BCUT2D eigenvalue weighted by atomic mass is 9.74. The number of carbonyl (C=O) groups excluding carboxylic acids is 1. The Balaban J connectivity index is 1.32. The summed E-state index contributed by atoms with van der Waals surface area (Å²) in [4.78, 5) is 12.7. The highest BCUT2D eigenvalue weighted by Crippen LogP contribution is 2.42. The van der Waals surface area contributed by atoms with E-state index in [0.717, 1.165) is 44.6 Å². The van der Waals surface area contributed by atoms with Crippen LogP contribution in [0.5, 0.6) is 11.5 Å². The largest absolute Gasteiger partial charge is 0.490 e. The van der Waals surface area contributed by atoms with Gasteiger partial charge in [-0.05, 0) is 105 Å². The molecule has 2 aromatic carbocycles. The first-order valence-electron chi connectivity index (χ1n) is 14.8. The maximum atomic E-state index is 15.3. The minimum atomic E-state index is -1.30. The molecule has 2 aromatic rings. The van der Waals surface area contributed by atoms with Crippen LogP contribution in [0, 0.1) is 35.1 Å². The predicted octanol–water partition coefficient (Wildman–Crippen LogP) is 8.51. The maximum absolute atomic E-state index is 15.3. The number of halogens is 4. The van der Waals surface area contributed by atoms with Crippen molar-refractivity contribution in [3.05, 3.63) is 71.3 Å². The van der Waals surface area contributed by atoms with E-state index < -0.39 is 40.9 Å². The van der Waals surface area contributed by atoms with Crippen LogP contribution in [-0.4, -0.2) is 23.8 Å². The van der Waals surface area contributed by atoms with E-state index in [1.165, 1.54) is 6.07 Å². The summed E-state index contributed by atoms with van der Waals surface area (Å²) in [7, 11) is 0. The van der Waals surface area contributed by atoms with Gasteiger partial charge in [0.25, 0.3) is 0 Å². The topological polar surface area (TPSA) is 55.8 Å². The lowest BCUT2D eigenvalue weighted by molar-refractivity contribution is -0.140. The van der Waals surface area contributed by atoms with Gasteiger partial charge in [0.1, 0.15) is 0 Å². The summed E-state index contributed by atoms with van der Waals surface area (Å²) in [6.07, 6.45) is 8.10. The van der Waals surface area contributed by atoms with E-state index in [0.29, 0.717) is 43.2 Å². The normalized spacial score (nSPS) is 23.6. The molecule has 1 atom stereocenters. The molecule has 0 aliphatic heterocycles. The first-order valence-corrected chi connectivity index (χ1v) is 14.8. The van der Waals surface area contributed by atoms with Gasteiger partial charge in [0.05, 0.1) is 18.6 Å². The second-order valence-corrected chi connectivity index (χ2v) is 11.4. The number of aliphatic hydroxyl groups is 1. The molecule has 224 valence electrons. The number of ether oxygens (including phenoxy) is 2. The summed E-state index contributed by atoms with van der Waals surface area (Å²) in [5.74, 6) is -6.26. The fourth-order valence-electron chi connectivity index (χ4n) is 6.34. The molecule has 1 unspecified atom stereocenters. The van der Waals surface area contributed by atoms with Crippen LogP contribution >= 0.6 is 0 Å². The number of aliphatic hydroxyl groups excluding tert-OH is 1. The van der Waals surface area contributed by atoms with Crippen LogP contribution in [0.25, 0.3) is 0 Å². The van der Waals surface area contributed by atoms with E-state index >= 15 is 8.78 Å².